The van der Waals surface area contributed by atoms with Gasteiger partial charge in [0.25, 0.3) is 5.91 Å². The van der Waals surface area contributed by atoms with Gasteiger partial charge in [0, 0.05) is 25.1 Å². The maximum atomic E-state index is 12.5. The number of carbonyl (C=O) groups excluding carboxylic acids is 1. The van der Waals surface area contributed by atoms with Gasteiger partial charge in [-0.2, -0.15) is 0 Å². The molecule has 4 aromatic rings. The van der Waals surface area contributed by atoms with Gasteiger partial charge in [-0.3, -0.25) is 4.79 Å². The highest BCUT2D eigenvalue weighted by Gasteiger charge is 2.12. The van der Waals surface area contributed by atoms with Crippen molar-refractivity contribution in [2.45, 2.75) is 46.6 Å². The summed E-state index contributed by atoms with van der Waals surface area (Å²) >= 11 is 0. The van der Waals surface area contributed by atoms with Crippen molar-refractivity contribution in [2.24, 2.45) is 0 Å². The van der Waals surface area contributed by atoms with E-state index in [-0.39, 0.29) is 5.91 Å². The second kappa shape index (κ2) is 11.0. The van der Waals surface area contributed by atoms with Crippen molar-refractivity contribution in [3.63, 3.8) is 0 Å². The molecule has 0 aliphatic rings. The Morgan fingerprint density at radius 2 is 1.65 bits per heavy atom. The number of unbranched alkanes of at least 4 members (excludes halogenated alkanes) is 1. The van der Waals surface area contributed by atoms with Crippen molar-refractivity contribution in [3.8, 4) is 5.75 Å². The first-order valence-electron chi connectivity index (χ1n) is 12.0. The summed E-state index contributed by atoms with van der Waals surface area (Å²) in [5.41, 5.74) is 6.31. The highest BCUT2D eigenvalue weighted by molar-refractivity contribution is 5.94. The van der Waals surface area contributed by atoms with Gasteiger partial charge in [-0.1, -0.05) is 48.0 Å². The standard InChI is InChI=1S/C29H33N3O2/c1-21-13-15-24(16-14-21)29(33)30-18-17-27-31-25-11-4-5-12-26(25)32(27)19-6-7-20-34-28-22(2)9-8-10-23(28)3/h4-5,8-16H,6-7,17-20H2,1-3H3,(H,30,33). The van der Waals surface area contributed by atoms with Crippen LogP contribution in [0.4, 0.5) is 0 Å². The molecule has 0 radical (unpaired) electrons. The van der Waals surface area contributed by atoms with Crippen molar-refractivity contribution in [1.82, 2.24) is 14.9 Å². The van der Waals surface area contributed by atoms with E-state index in [0.717, 1.165) is 47.6 Å². The first kappa shape index (κ1) is 23.6. The second-order valence-corrected chi connectivity index (χ2v) is 8.82. The number of benzene rings is 3. The third-order valence-corrected chi connectivity index (χ3v) is 6.11. The van der Waals surface area contributed by atoms with Crippen LogP contribution in [0.15, 0.2) is 66.7 Å². The quantitative estimate of drug-likeness (QED) is 0.308. The summed E-state index contributed by atoms with van der Waals surface area (Å²) in [6.07, 6.45) is 2.64. The minimum absolute atomic E-state index is 0.0497. The molecule has 1 N–H and O–H groups in total. The van der Waals surface area contributed by atoms with Gasteiger partial charge in [-0.15, -0.1) is 0 Å². The van der Waals surface area contributed by atoms with Crippen molar-refractivity contribution < 1.29 is 9.53 Å². The zero-order valence-corrected chi connectivity index (χ0v) is 20.3. The number of imidazole rings is 1. The molecular formula is C29H33N3O2. The number of para-hydroxylation sites is 3. The lowest BCUT2D eigenvalue weighted by Gasteiger charge is -2.13. The molecule has 0 saturated heterocycles. The summed E-state index contributed by atoms with van der Waals surface area (Å²) < 4.78 is 8.36. The molecule has 34 heavy (non-hydrogen) atoms. The van der Waals surface area contributed by atoms with Crippen LogP contribution in [0.5, 0.6) is 5.75 Å². The minimum Gasteiger partial charge on any atom is -0.493 e. The molecule has 0 fully saturated rings. The van der Waals surface area contributed by atoms with E-state index < -0.39 is 0 Å². The fourth-order valence-corrected chi connectivity index (χ4v) is 4.23. The lowest BCUT2D eigenvalue weighted by Crippen LogP contribution is -2.26. The Kier molecular flexibility index (Phi) is 7.63. The van der Waals surface area contributed by atoms with Gasteiger partial charge in [0.1, 0.15) is 11.6 Å². The predicted octanol–water partition coefficient (Wildman–Crippen LogP) is 5.79. The third kappa shape index (κ3) is 5.66. The van der Waals surface area contributed by atoms with Crippen LogP contribution >= 0.6 is 0 Å². The van der Waals surface area contributed by atoms with Crippen LogP contribution in [0.25, 0.3) is 11.0 Å². The Labute approximate surface area is 201 Å². The molecule has 176 valence electrons. The summed E-state index contributed by atoms with van der Waals surface area (Å²) in [6, 6.07) is 22.1. The molecule has 1 aromatic heterocycles. The SMILES string of the molecule is Cc1ccc(C(=O)NCCc2nc3ccccc3n2CCCCOc2c(C)cccc2C)cc1. The number of amides is 1. The molecule has 3 aromatic carbocycles. The Morgan fingerprint density at radius 1 is 0.912 bits per heavy atom. The topological polar surface area (TPSA) is 56.2 Å². The summed E-state index contributed by atoms with van der Waals surface area (Å²) in [5.74, 6) is 1.95. The van der Waals surface area contributed by atoms with Crippen LogP contribution in [-0.4, -0.2) is 28.6 Å². The van der Waals surface area contributed by atoms with Crippen molar-refractivity contribution in [1.29, 1.82) is 0 Å². The number of nitrogens with zero attached hydrogens (tertiary/aromatic N) is 2. The fourth-order valence-electron chi connectivity index (χ4n) is 4.23. The summed E-state index contributed by atoms with van der Waals surface area (Å²) in [7, 11) is 0. The van der Waals surface area contributed by atoms with Crippen LogP contribution in [0, 0.1) is 20.8 Å². The zero-order valence-electron chi connectivity index (χ0n) is 20.3. The van der Waals surface area contributed by atoms with Gasteiger partial charge in [0.15, 0.2) is 0 Å². The number of nitrogens with one attached hydrogen (secondary N) is 1. The average Bonchev–Trinajstić information content (AvgIpc) is 3.18. The van der Waals surface area contributed by atoms with Gasteiger partial charge in [-0.05, 0) is 69.0 Å². The van der Waals surface area contributed by atoms with E-state index in [1.165, 1.54) is 11.1 Å². The Morgan fingerprint density at radius 3 is 2.41 bits per heavy atom. The van der Waals surface area contributed by atoms with E-state index in [2.05, 4.69) is 48.0 Å². The van der Waals surface area contributed by atoms with Gasteiger partial charge < -0.3 is 14.6 Å². The monoisotopic (exact) mass is 455 g/mol. The number of fused-ring (bicyclic) bond motifs is 1. The molecule has 0 atom stereocenters. The molecule has 0 aliphatic heterocycles. The van der Waals surface area contributed by atoms with Crippen LogP contribution in [0.3, 0.4) is 0 Å². The van der Waals surface area contributed by atoms with Crippen molar-refractivity contribution in [2.75, 3.05) is 13.2 Å². The molecule has 0 spiro atoms. The molecular weight excluding hydrogens is 422 g/mol. The number of aromatic nitrogens is 2. The van der Waals surface area contributed by atoms with Gasteiger partial charge in [-0.25, -0.2) is 4.98 Å². The zero-order chi connectivity index (χ0) is 23.9. The minimum atomic E-state index is -0.0497. The highest BCUT2D eigenvalue weighted by Crippen LogP contribution is 2.23. The molecule has 0 bridgehead atoms. The average molecular weight is 456 g/mol. The smallest absolute Gasteiger partial charge is 0.251 e. The second-order valence-electron chi connectivity index (χ2n) is 8.82. The lowest BCUT2D eigenvalue weighted by atomic mass is 10.1. The summed E-state index contributed by atoms with van der Waals surface area (Å²) in [6.45, 7) is 8.31. The molecule has 5 heteroatoms. The van der Waals surface area contributed by atoms with Crippen LogP contribution in [0.1, 0.15) is 45.7 Å². The number of carbonyl (C=O) groups is 1. The number of hydrogen-bond donors (Lipinski definition) is 1. The highest BCUT2D eigenvalue weighted by atomic mass is 16.5. The van der Waals surface area contributed by atoms with E-state index >= 15 is 0 Å². The summed E-state index contributed by atoms with van der Waals surface area (Å²) in [4.78, 5) is 17.3. The van der Waals surface area contributed by atoms with E-state index in [1.54, 1.807) is 0 Å². The Bertz CT molecular complexity index is 1240. The van der Waals surface area contributed by atoms with E-state index in [9.17, 15) is 4.79 Å². The molecule has 1 heterocycles. The van der Waals surface area contributed by atoms with Crippen molar-refractivity contribution >= 4 is 16.9 Å². The first-order chi connectivity index (χ1) is 16.5. The number of hydrogen-bond acceptors (Lipinski definition) is 3. The van der Waals surface area contributed by atoms with E-state index in [0.29, 0.717) is 25.1 Å². The number of aryl methyl sites for hydroxylation is 4. The summed E-state index contributed by atoms with van der Waals surface area (Å²) in [5, 5.41) is 3.03. The van der Waals surface area contributed by atoms with Crippen LogP contribution < -0.4 is 10.1 Å². The number of ether oxygens (including phenoxy) is 1. The van der Waals surface area contributed by atoms with Gasteiger partial charge in [0.05, 0.1) is 17.6 Å². The predicted molar refractivity (Wildman–Crippen MR) is 138 cm³/mol. The van der Waals surface area contributed by atoms with E-state index in [4.69, 9.17) is 9.72 Å². The van der Waals surface area contributed by atoms with Gasteiger partial charge >= 0.3 is 0 Å². The normalized spacial score (nSPS) is 11.0. The molecule has 0 saturated carbocycles. The van der Waals surface area contributed by atoms with Crippen LogP contribution in [-0.2, 0) is 13.0 Å². The van der Waals surface area contributed by atoms with Gasteiger partial charge in [0.2, 0.25) is 0 Å². The molecule has 4 rings (SSSR count). The maximum Gasteiger partial charge on any atom is 0.251 e. The number of rotatable bonds is 10. The van der Waals surface area contributed by atoms with Crippen LogP contribution in [0.2, 0.25) is 0 Å². The third-order valence-electron chi connectivity index (χ3n) is 6.11. The van der Waals surface area contributed by atoms with E-state index in [1.807, 2.05) is 49.4 Å². The molecule has 0 aliphatic carbocycles. The van der Waals surface area contributed by atoms with Crippen molar-refractivity contribution in [3.05, 3.63) is 94.8 Å². The molecule has 5 nitrogen and oxygen atoms in total. The maximum absolute atomic E-state index is 12.5. The Balaban J connectivity index is 1.34. The molecule has 1 amide bonds. The Hall–Kier alpha value is -3.60. The molecule has 0 unspecified atom stereocenters. The first-order valence-corrected chi connectivity index (χ1v) is 12.0. The lowest BCUT2D eigenvalue weighted by molar-refractivity contribution is 0.0954. The largest absolute Gasteiger partial charge is 0.493 e. The fraction of sp³-hybridized carbons (Fsp3) is 0.310.